The monoisotopic (exact) mass is 728 g/mol. The molecule has 1 N–H and O–H groups in total. The van der Waals surface area contributed by atoms with E-state index in [1.165, 1.54) is 42.0 Å². The molecule has 0 amide bonds. The lowest BCUT2D eigenvalue weighted by atomic mass is 10.1. The zero-order chi connectivity index (χ0) is 35.2. The first-order valence-corrected chi connectivity index (χ1v) is 17.4. The van der Waals surface area contributed by atoms with Crippen LogP contribution in [-0.4, -0.2) is 78.8 Å². The molecule has 15 heteroatoms. The molecule has 1 fully saturated rings. The van der Waals surface area contributed by atoms with Gasteiger partial charge in [-0.1, -0.05) is 60.7 Å². The van der Waals surface area contributed by atoms with Crippen molar-refractivity contribution in [2.45, 2.75) is 25.3 Å². The third-order valence-corrected chi connectivity index (χ3v) is 8.34. The van der Waals surface area contributed by atoms with Crippen LogP contribution < -0.4 is 0 Å². The Hall–Kier alpha value is -4.28. The van der Waals surface area contributed by atoms with Crippen molar-refractivity contribution in [3.8, 4) is 0 Å². The molecule has 50 heavy (non-hydrogen) atoms. The van der Waals surface area contributed by atoms with E-state index in [4.69, 9.17) is 8.92 Å². The number of halogens is 1. The van der Waals surface area contributed by atoms with Crippen LogP contribution in [0, 0.1) is 20.2 Å². The molecular weight excluding hydrogens is 688 g/mol. The second kappa shape index (κ2) is 19.8. The number of aliphatic hydroxyl groups excluding tert-OH is 1. The lowest BCUT2D eigenvalue weighted by Crippen LogP contribution is -2.37. The van der Waals surface area contributed by atoms with Crippen molar-refractivity contribution in [1.82, 2.24) is 9.80 Å². The summed E-state index contributed by atoms with van der Waals surface area (Å²) in [5.74, 6) is 0. The van der Waals surface area contributed by atoms with Crippen LogP contribution in [0.5, 0.6) is 0 Å². The zero-order valence-electron chi connectivity index (χ0n) is 27.5. The maximum Gasteiger partial charge on any atom is 0.269 e. The van der Waals surface area contributed by atoms with Gasteiger partial charge in [-0.05, 0) is 46.5 Å². The van der Waals surface area contributed by atoms with Crippen LogP contribution in [0.25, 0.3) is 0 Å². The Morgan fingerprint density at radius 1 is 0.880 bits per heavy atom. The van der Waals surface area contributed by atoms with Crippen LogP contribution in [0.4, 0.5) is 11.4 Å². The molecule has 1 aliphatic heterocycles. The summed E-state index contributed by atoms with van der Waals surface area (Å²) < 4.78 is 32.9. The van der Waals surface area contributed by atoms with E-state index in [0.717, 1.165) is 37.0 Å². The number of nitro groups is 2. The minimum atomic E-state index is -3.54. The van der Waals surface area contributed by atoms with Gasteiger partial charge in [-0.3, -0.25) is 34.2 Å². The van der Waals surface area contributed by atoms with Gasteiger partial charge in [0.15, 0.2) is 0 Å². The van der Waals surface area contributed by atoms with E-state index in [2.05, 4.69) is 17.0 Å². The average Bonchev–Trinajstić information content (AvgIpc) is 3.09. The van der Waals surface area contributed by atoms with Crippen molar-refractivity contribution in [3.63, 3.8) is 0 Å². The molecule has 13 nitrogen and oxygen atoms in total. The maximum absolute atomic E-state index is 11.2. The molecule has 2 atom stereocenters. The molecule has 268 valence electrons. The summed E-state index contributed by atoms with van der Waals surface area (Å²) >= 11 is 0. The molecule has 4 aromatic carbocycles. The minimum absolute atomic E-state index is 0. The highest BCUT2D eigenvalue weighted by Crippen LogP contribution is 2.25. The molecule has 0 unspecified atom stereocenters. The first-order chi connectivity index (χ1) is 23.5. The van der Waals surface area contributed by atoms with Crippen LogP contribution >= 0.6 is 12.4 Å². The van der Waals surface area contributed by atoms with Crippen LogP contribution in [0.15, 0.2) is 109 Å². The van der Waals surface area contributed by atoms with Gasteiger partial charge < -0.3 is 9.84 Å². The topological polar surface area (TPSA) is 166 Å². The van der Waals surface area contributed by atoms with Gasteiger partial charge in [0.25, 0.3) is 21.5 Å². The molecule has 0 radical (unpaired) electrons. The molecule has 5 rings (SSSR count). The van der Waals surface area contributed by atoms with Gasteiger partial charge in [0.1, 0.15) is 0 Å². The molecular formula is C35H41ClN4O9S. The summed E-state index contributed by atoms with van der Waals surface area (Å²) in [6.45, 7) is 4.26. The smallest absolute Gasteiger partial charge is 0.269 e. The van der Waals surface area contributed by atoms with E-state index in [0.29, 0.717) is 25.3 Å². The van der Waals surface area contributed by atoms with Gasteiger partial charge in [-0.25, -0.2) is 0 Å². The summed E-state index contributed by atoms with van der Waals surface area (Å²) in [5, 5.41) is 31.9. The molecule has 0 spiro atoms. The second-order valence-electron chi connectivity index (χ2n) is 11.5. The first kappa shape index (κ1) is 40.2. The van der Waals surface area contributed by atoms with E-state index in [9.17, 15) is 33.8 Å². The highest BCUT2D eigenvalue weighted by atomic mass is 35.5. The number of ether oxygens (including phenoxy) is 1. The molecule has 4 aromatic rings. The highest BCUT2D eigenvalue weighted by Gasteiger charge is 2.23. The number of benzene rings is 4. The summed E-state index contributed by atoms with van der Waals surface area (Å²) in [5.41, 5.74) is 3.89. The SMILES string of the molecule is CS(=O)(=O)OCCN(Cc1ccccc1)C[C@@H](O)c1ccc([N+](=O)[O-])cc1.Cl.O=[N+]([O-])c1ccc([C@H]2CN(Cc3ccccc3)CCO2)cc1. The lowest BCUT2D eigenvalue weighted by Gasteiger charge is -2.33. The number of hydrogen-bond acceptors (Lipinski definition) is 11. The van der Waals surface area contributed by atoms with Gasteiger partial charge >= 0.3 is 0 Å². The Morgan fingerprint density at radius 3 is 1.96 bits per heavy atom. The molecule has 1 saturated heterocycles. The Morgan fingerprint density at radius 2 is 1.42 bits per heavy atom. The normalized spacial score (nSPS) is 15.3. The Kier molecular flexibility index (Phi) is 15.9. The van der Waals surface area contributed by atoms with Gasteiger partial charge in [0.2, 0.25) is 0 Å². The Bertz CT molecular complexity index is 1730. The molecule has 0 aliphatic carbocycles. The fourth-order valence-corrected chi connectivity index (χ4v) is 5.64. The fraction of sp³-hybridized carbons (Fsp3) is 0.314. The van der Waals surface area contributed by atoms with Crippen molar-refractivity contribution < 1.29 is 32.3 Å². The van der Waals surface area contributed by atoms with E-state index in [1.54, 1.807) is 12.1 Å². The summed E-state index contributed by atoms with van der Waals surface area (Å²) in [7, 11) is -3.54. The number of aliphatic hydroxyl groups is 1. The number of nitro benzene ring substituents is 2. The number of rotatable bonds is 14. The van der Waals surface area contributed by atoms with Crippen LogP contribution in [-0.2, 0) is 32.1 Å². The van der Waals surface area contributed by atoms with Gasteiger partial charge in [0.05, 0.1) is 41.5 Å². The number of nitrogens with zero attached hydrogens (tertiary/aromatic N) is 4. The van der Waals surface area contributed by atoms with Gasteiger partial charge in [-0.2, -0.15) is 8.42 Å². The maximum atomic E-state index is 11.2. The first-order valence-electron chi connectivity index (χ1n) is 15.6. The van der Waals surface area contributed by atoms with Crippen molar-refractivity contribution in [2.75, 3.05) is 45.6 Å². The number of non-ortho nitro benzene ring substituents is 2. The standard InChI is InChI=1S/C18H22N2O6S.C17H18N2O3.ClH/c1-27(24,25)26-12-11-19(13-15-5-3-2-4-6-15)14-18(21)16-7-9-17(10-8-16)20(22)23;20-19(21)16-8-6-15(7-9-16)17-13-18(10-11-22-17)12-14-4-2-1-3-5-14;/h2-10,18,21H,11-14H2,1H3;1-9,17H,10-13H2;1H/t18-;17-;/m11./s1. The van der Waals surface area contributed by atoms with Crippen molar-refractivity contribution >= 4 is 33.9 Å². The van der Waals surface area contributed by atoms with E-state index < -0.39 is 21.1 Å². The van der Waals surface area contributed by atoms with Crippen LogP contribution in [0.2, 0.25) is 0 Å². The fourth-order valence-electron chi connectivity index (χ4n) is 5.26. The predicted octanol–water partition coefficient (Wildman–Crippen LogP) is 5.70. The average molecular weight is 729 g/mol. The van der Waals surface area contributed by atoms with E-state index in [1.807, 2.05) is 53.4 Å². The van der Waals surface area contributed by atoms with Gasteiger partial charge in [-0.15, -0.1) is 12.4 Å². The van der Waals surface area contributed by atoms with Crippen molar-refractivity contribution in [2.24, 2.45) is 0 Å². The van der Waals surface area contributed by atoms with Crippen molar-refractivity contribution in [1.29, 1.82) is 0 Å². The van der Waals surface area contributed by atoms with E-state index >= 15 is 0 Å². The third-order valence-electron chi connectivity index (χ3n) is 7.75. The molecule has 1 heterocycles. The Labute approximate surface area is 297 Å². The van der Waals surface area contributed by atoms with E-state index in [-0.39, 0.29) is 48.0 Å². The predicted molar refractivity (Wildman–Crippen MR) is 191 cm³/mol. The lowest BCUT2D eigenvalue weighted by molar-refractivity contribution is -0.385. The molecule has 0 aromatic heterocycles. The quantitative estimate of drug-likeness (QED) is 0.0962. The number of morpholine rings is 1. The minimum Gasteiger partial charge on any atom is -0.387 e. The second-order valence-corrected chi connectivity index (χ2v) is 13.2. The number of hydrogen-bond donors (Lipinski definition) is 1. The van der Waals surface area contributed by atoms with Crippen LogP contribution in [0.1, 0.15) is 34.5 Å². The summed E-state index contributed by atoms with van der Waals surface area (Å²) in [6.07, 6.45) is 0.0753. The van der Waals surface area contributed by atoms with Crippen LogP contribution in [0.3, 0.4) is 0 Å². The Balaban J connectivity index is 0.000000270. The van der Waals surface area contributed by atoms with Crippen molar-refractivity contribution in [3.05, 3.63) is 152 Å². The third kappa shape index (κ3) is 13.6. The zero-order valence-corrected chi connectivity index (χ0v) is 29.2. The van der Waals surface area contributed by atoms with Gasteiger partial charge in [0, 0.05) is 63.5 Å². The molecule has 1 aliphatic rings. The molecule has 0 saturated carbocycles. The summed E-state index contributed by atoms with van der Waals surface area (Å²) in [6, 6.07) is 32.3. The molecule has 0 bridgehead atoms. The summed E-state index contributed by atoms with van der Waals surface area (Å²) in [4.78, 5) is 24.8. The largest absolute Gasteiger partial charge is 0.387 e. The highest BCUT2D eigenvalue weighted by molar-refractivity contribution is 7.85.